The highest BCUT2D eigenvalue weighted by Gasteiger charge is 2.48. The molecule has 1 aromatic heterocycles. The molecule has 36 heavy (non-hydrogen) atoms. The number of halogens is 1. The Morgan fingerprint density at radius 1 is 1.00 bits per heavy atom. The summed E-state index contributed by atoms with van der Waals surface area (Å²) in [5.74, 6) is 2.09. The minimum atomic E-state index is -1.17. The predicted octanol–water partition coefficient (Wildman–Crippen LogP) is 6.08. The third-order valence-electron chi connectivity index (χ3n) is 8.95. The van der Waals surface area contributed by atoms with Crippen LogP contribution < -0.4 is 0 Å². The standard InChI is InChI=1S/C30H36ClN2O3/c31-26-12-10-22(11-13-26)21-35-28-20-33(16-14-23(28)15-17-33)19-27-18-32-29(36-27)30(34,25-8-4-5-9-25)24-6-2-1-3-7-24/h1-3,6-7,10-13,18,23,25,28,34H,4-5,8-9,14-17,19-21H2/q+1/t23?,28?,30-,33?/m0/s1. The molecule has 7 rings (SSSR count). The lowest BCUT2D eigenvalue weighted by atomic mass is 9.80. The number of hydrogen-bond acceptors (Lipinski definition) is 4. The van der Waals surface area contributed by atoms with Gasteiger partial charge in [-0.25, -0.2) is 4.98 Å². The van der Waals surface area contributed by atoms with Crippen LogP contribution in [-0.2, 0) is 23.5 Å². The summed E-state index contributed by atoms with van der Waals surface area (Å²) in [6.45, 7) is 4.71. The molecule has 1 aliphatic carbocycles. The third kappa shape index (κ3) is 4.63. The third-order valence-corrected chi connectivity index (χ3v) is 9.20. The second kappa shape index (κ2) is 9.94. The molecule has 2 aromatic carbocycles. The molecule has 0 amide bonds. The Bertz CT molecular complexity index is 1150. The summed E-state index contributed by atoms with van der Waals surface area (Å²) in [4.78, 5) is 4.69. The van der Waals surface area contributed by atoms with Crippen molar-refractivity contribution in [1.29, 1.82) is 0 Å². The fourth-order valence-corrected chi connectivity index (χ4v) is 7.00. The highest BCUT2D eigenvalue weighted by molar-refractivity contribution is 6.30. The van der Waals surface area contributed by atoms with Crippen molar-refractivity contribution in [2.24, 2.45) is 11.8 Å². The second-order valence-electron chi connectivity index (χ2n) is 11.2. The zero-order valence-corrected chi connectivity index (χ0v) is 21.6. The summed E-state index contributed by atoms with van der Waals surface area (Å²) in [7, 11) is 0. The average molecular weight is 508 g/mol. The summed E-state index contributed by atoms with van der Waals surface area (Å²) < 4.78 is 13.8. The van der Waals surface area contributed by atoms with Gasteiger partial charge in [0.25, 0.3) is 0 Å². The molecule has 0 radical (unpaired) electrons. The van der Waals surface area contributed by atoms with Crippen molar-refractivity contribution in [3.8, 4) is 0 Å². The fraction of sp³-hybridized carbons (Fsp3) is 0.500. The largest absolute Gasteiger partial charge is 0.436 e. The first-order chi connectivity index (χ1) is 17.5. The molecule has 190 valence electrons. The SMILES string of the molecule is O[C@](c1ccccc1)(c1ncc(C[N+]23CCC(CC2)C(OCc2ccc(Cl)cc2)C3)o1)C1CCCC1. The van der Waals surface area contributed by atoms with E-state index in [1.165, 1.54) is 12.8 Å². The molecule has 3 saturated heterocycles. The number of aliphatic hydroxyl groups is 1. The van der Waals surface area contributed by atoms with Gasteiger partial charge in [0.05, 0.1) is 25.9 Å². The highest BCUT2D eigenvalue weighted by Crippen LogP contribution is 2.45. The van der Waals surface area contributed by atoms with Gasteiger partial charge in [0.1, 0.15) is 19.2 Å². The number of fused-ring (bicyclic) bond motifs is 3. The Labute approximate surface area is 218 Å². The van der Waals surface area contributed by atoms with Gasteiger partial charge >= 0.3 is 0 Å². The molecule has 1 unspecified atom stereocenters. The molecule has 3 aromatic rings. The van der Waals surface area contributed by atoms with Gasteiger partial charge in [-0.2, -0.15) is 0 Å². The molecule has 4 aliphatic rings. The van der Waals surface area contributed by atoms with Crippen molar-refractivity contribution < 1.29 is 18.7 Å². The van der Waals surface area contributed by atoms with Crippen LogP contribution in [0.3, 0.4) is 0 Å². The van der Waals surface area contributed by atoms with Gasteiger partial charge in [0.15, 0.2) is 11.4 Å². The average Bonchev–Trinajstić information content (AvgIpc) is 3.62. The van der Waals surface area contributed by atoms with Gasteiger partial charge in [0.2, 0.25) is 5.89 Å². The van der Waals surface area contributed by atoms with Crippen LogP contribution in [0, 0.1) is 11.8 Å². The van der Waals surface area contributed by atoms with Crippen LogP contribution in [0.15, 0.2) is 65.2 Å². The first-order valence-electron chi connectivity index (χ1n) is 13.5. The van der Waals surface area contributed by atoms with E-state index in [-0.39, 0.29) is 12.0 Å². The topological polar surface area (TPSA) is 55.5 Å². The number of rotatable bonds is 8. The van der Waals surface area contributed by atoms with E-state index in [0.29, 0.717) is 18.4 Å². The first kappa shape index (κ1) is 24.2. The van der Waals surface area contributed by atoms with Crippen LogP contribution in [0.5, 0.6) is 0 Å². The van der Waals surface area contributed by atoms with Crippen LogP contribution >= 0.6 is 11.6 Å². The molecule has 6 heteroatoms. The Morgan fingerprint density at radius 2 is 1.72 bits per heavy atom. The molecular weight excluding hydrogens is 472 g/mol. The summed E-state index contributed by atoms with van der Waals surface area (Å²) in [6, 6.07) is 17.9. The number of quaternary nitrogens is 1. The van der Waals surface area contributed by atoms with Crippen molar-refractivity contribution in [3.05, 3.63) is 88.6 Å². The predicted molar refractivity (Wildman–Crippen MR) is 139 cm³/mol. The van der Waals surface area contributed by atoms with E-state index >= 15 is 0 Å². The van der Waals surface area contributed by atoms with Gasteiger partial charge in [-0.3, -0.25) is 0 Å². The number of piperidine rings is 3. The highest BCUT2D eigenvalue weighted by atomic mass is 35.5. The number of nitrogens with zero attached hydrogens (tertiary/aromatic N) is 2. The van der Waals surface area contributed by atoms with Crippen LogP contribution in [0.4, 0.5) is 0 Å². The minimum absolute atomic E-state index is 0.134. The van der Waals surface area contributed by atoms with E-state index in [1.54, 1.807) is 0 Å². The van der Waals surface area contributed by atoms with E-state index in [0.717, 1.165) is 78.3 Å². The summed E-state index contributed by atoms with van der Waals surface area (Å²) in [5.41, 5.74) is 0.871. The molecule has 0 spiro atoms. The second-order valence-corrected chi connectivity index (χ2v) is 11.6. The Morgan fingerprint density at radius 3 is 2.44 bits per heavy atom. The maximum absolute atomic E-state index is 12.0. The van der Waals surface area contributed by atoms with E-state index in [4.69, 9.17) is 20.8 Å². The molecule has 1 N–H and O–H groups in total. The number of oxazole rings is 1. The van der Waals surface area contributed by atoms with Crippen molar-refractivity contribution in [2.45, 2.75) is 63.4 Å². The van der Waals surface area contributed by atoms with Gasteiger partial charge in [-0.05, 0) is 36.1 Å². The molecule has 5 nitrogen and oxygen atoms in total. The van der Waals surface area contributed by atoms with Crippen LogP contribution in [0.2, 0.25) is 5.02 Å². The fourth-order valence-electron chi connectivity index (χ4n) is 6.87. The van der Waals surface area contributed by atoms with Gasteiger partial charge in [0, 0.05) is 29.7 Å². The normalized spacial score (nSPS) is 27.8. The van der Waals surface area contributed by atoms with E-state index in [1.807, 2.05) is 60.8 Å². The lowest BCUT2D eigenvalue weighted by molar-refractivity contribution is -0.959. The number of ether oxygens (including phenoxy) is 1. The summed E-state index contributed by atoms with van der Waals surface area (Å²) in [5, 5.41) is 12.8. The zero-order valence-electron chi connectivity index (χ0n) is 20.8. The van der Waals surface area contributed by atoms with Crippen molar-refractivity contribution in [3.63, 3.8) is 0 Å². The van der Waals surface area contributed by atoms with Crippen LogP contribution in [0.1, 0.15) is 61.3 Å². The molecule has 4 heterocycles. The number of hydrogen-bond donors (Lipinski definition) is 1. The van der Waals surface area contributed by atoms with E-state index in [9.17, 15) is 5.11 Å². The molecule has 2 atom stereocenters. The Kier molecular flexibility index (Phi) is 6.67. The molecule has 4 fully saturated rings. The summed E-state index contributed by atoms with van der Waals surface area (Å²) in [6.07, 6.45) is 8.76. The van der Waals surface area contributed by atoms with Crippen LogP contribution in [0.25, 0.3) is 0 Å². The smallest absolute Gasteiger partial charge is 0.231 e. The quantitative estimate of drug-likeness (QED) is 0.375. The van der Waals surface area contributed by atoms with Crippen molar-refractivity contribution in [1.82, 2.24) is 4.98 Å². The van der Waals surface area contributed by atoms with Crippen molar-refractivity contribution >= 4 is 11.6 Å². The van der Waals surface area contributed by atoms with Gasteiger partial charge in [-0.1, -0.05) is 66.9 Å². The van der Waals surface area contributed by atoms with Crippen molar-refractivity contribution in [2.75, 3.05) is 19.6 Å². The summed E-state index contributed by atoms with van der Waals surface area (Å²) >= 11 is 6.04. The first-order valence-corrected chi connectivity index (χ1v) is 13.9. The minimum Gasteiger partial charge on any atom is -0.436 e. The maximum atomic E-state index is 12.0. The molecular formula is C30H36ClN2O3+. The maximum Gasteiger partial charge on any atom is 0.231 e. The molecule has 1 saturated carbocycles. The Hall–Kier alpha value is -2.18. The number of aromatic nitrogens is 1. The van der Waals surface area contributed by atoms with Gasteiger partial charge in [-0.15, -0.1) is 0 Å². The van der Waals surface area contributed by atoms with E-state index in [2.05, 4.69) is 4.98 Å². The Balaban J connectivity index is 1.18. The zero-order chi connectivity index (χ0) is 24.6. The molecule has 3 aliphatic heterocycles. The molecule has 2 bridgehead atoms. The number of benzene rings is 2. The monoisotopic (exact) mass is 507 g/mol. The lowest BCUT2D eigenvalue weighted by Crippen LogP contribution is -2.63. The van der Waals surface area contributed by atoms with E-state index < -0.39 is 5.60 Å². The lowest BCUT2D eigenvalue weighted by Gasteiger charge is -2.52. The van der Waals surface area contributed by atoms with Crippen LogP contribution in [-0.4, -0.2) is 40.3 Å². The van der Waals surface area contributed by atoms with Gasteiger partial charge < -0.3 is 18.7 Å².